The van der Waals surface area contributed by atoms with E-state index in [0.29, 0.717) is 0 Å². The van der Waals surface area contributed by atoms with Gasteiger partial charge in [0.1, 0.15) is 6.04 Å². The van der Waals surface area contributed by atoms with Crippen molar-refractivity contribution < 1.29 is 18.0 Å². The highest BCUT2D eigenvalue weighted by Gasteiger charge is 2.45. The number of carbonyl (C=O) groups is 2. The molecule has 0 spiro atoms. The minimum atomic E-state index is -3.98. The normalized spacial score (nSPS) is 22.6. The minimum absolute atomic E-state index is 0.104. The van der Waals surface area contributed by atoms with E-state index in [1.807, 2.05) is 6.92 Å². The van der Waals surface area contributed by atoms with Gasteiger partial charge in [-0.2, -0.15) is 4.31 Å². The fourth-order valence-corrected chi connectivity index (χ4v) is 7.42. The van der Waals surface area contributed by atoms with Gasteiger partial charge >= 0.3 is 0 Å². The van der Waals surface area contributed by atoms with E-state index in [4.69, 9.17) is 5.73 Å². The van der Waals surface area contributed by atoms with Crippen LogP contribution in [0.5, 0.6) is 0 Å². The van der Waals surface area contributed by atoms with Gasteiger partial charge < -0.3 is 10.6 Å². The van der Waals surface area contributed by atoms with Gasteiger partial charge in [-0.15, -0.1) is 0 Å². The number of carbonyl (C=O) groups excluding carboxylic acids is 2. The molecule has 1 aliphatic carbocycles. The van der Waals surface area contributed by atoms with Crippen molar-refractivity contribution in [1.82, 2.24) is 14.1 Å². The Kier molecular flexibility index (Phi) is 7.44. The van der Waals surface area contributed by atoms with Crippen LogP contribution in [0.4, 0.5) is 0 Å². The number of nitrogens with two attached hydrogens (primary N) is 1. The van der Waals surface area contributed by atoms with Gasteiger partial charge in [0.25, 0.3) is 0 Å². The number of piperazine rings is 1. The van der Waals surface area contributed by atoms with Crippen molar-refractivity contribution in [3.63, 3.8) is 0 Å². The highest BCUT2D eigenvalue weighted by Crippen LogP contribution is 2.38. The van der Waals surface area contributed by atoms with Gasteiger partial charge in [-0.1, -0.05) is 42.5 Å². The van der Waals surface area contributed by atoms with Gasteiger partial charge in [-0.3, -0.25) is 14.5 Å². The highest BCUT2D eigenvalue weighted by molar-refractivity contribution is 7.89. The number of nitrogens with zero attached hydrogens (tertiary/aromatic N) is 3. The van der Waals surface area contributed by atoms with Crippen LogP contribution in [0.3, 0.4) is 0 Å². The van der Waals surface area contributed by atoms with E-state index >= 15 is 0 Å². The first kappa shape index (κ1) is 26.6. The predicted octanol–water partition coefficient (Wildman–Crippen LogP) is 2.87. The monoisotopic (exact) mass is 536 g/mol. The molecule has 2 aliphatic heterocycles. The number of hydrogen-bond acceptors (Lipinski definition) is 5. The Bertz CT molecular complexity index is 1350. The summed E-state index contributed by atoms with van der Waals surface area (Å²) in [6.45, 7) is 9.65. The summed E-state index contributed by atoms with van der Waals surface area (Å²) in [5.74, 6) is -1.07. The van der Waals surface area contributed by atoms with Crippen molar-refractivity contribution in [1.29, 1.82) is 0 Å². The topological polar surface area (TPSA) is 104 Å². The van der Waals surface area contributed by atoms with Gasteiger partial charge in [0.2, 0.25) is 21.8 Å². The summed E-state index contributed by atoms with van der Waals surface area (Å²) in [5, 5.41) is 0. The summed E-state index contributed by atoms with van der Waals surface area (Å²) in [6, 6.07) is 11.6. The number of fused-ring (bicyclic) bond motifs is 1. The molecule has 2 heterocycles. The largest absolute Gasteiger partial charge is 0.370 e. The summed E-state index contributed by atoms with van der Waals surface area (Å²) in [6.07, 6.45) is 3.53. The van der Waals surface area contributed by atoms with Gasteiger partial charge in [-0.25, -0.2) is 8.42 Å². The quantitative estimate of drug-likeness (QED) is 0.559. The molecule has 8 nitrogen and oxygen atoms in total. The number of amides is 2. The molecule has 2 saturated heterocycles. The van der Waals surface area contributed by atoms with Crippen molar-refractivity contribution in [2.24, 2.45) is 5.73 Å². The summed E-state index contributed by atoms with van der Waals surface area (Å²) in [5.41, 5.74) is 11.0. The molecule has 1 unspecified atom stereocenters. The molecule has 0 radical (unpaired) electrons. The second-order valence-electron chi connectivity index (χ2n) is 10.7. The average Bonchev–Trinajstić information content (AvgIpc) is 2.86. The number of primary amides is 1. The van der Waals surface area contributed by atoms with Crippen LogP contribution in [0, 0.1) is 6.92 Å². The number of hydrogen-bond donors (Lipinski definition) is 1. The van der Waals surface area contributed by atoms with Gasteiger partial charge in [0.05, 0.1) is 17.4 Å². The molecule has 2 atom stereocenters. The maximum absolute atomic E-state index is 13.8. The van der Waals surface area contributed by atoms with Crippen molar-refractivity contribution in [2.45, 2.75) is 56.0 Å². The van der Waals surface area contributed by atoms with Crippen LogP contribution in [-0.4, -0.2) is 73.1 Å². The number of sulfonamides is 1. The first-order chi connectivity index (χ1) is 18.1. The smallest absolute Gasteiger partial charge is 0.243 e. The SMILES string of the molecule is C=C(CN1CCC1)c1ccc2c(c1)CCC[C@H]2N1CCN(S(=O)(=O)c2ccc(C)cc2)C(CC(N)=O)C1=O. The molecule has 0 aromatic heterocycles. The van der Waals surface area contributed by atoms with Crippen LogP contribution in [-0.2, 0) is 26.0 Å². The van der Waals surface area contributed by atoms with E-state index in [-0.39, 0.29) is 36.4 Å². The van der Waals surface area contributed by atoms with Crippen LogP contribution in [0.25, 0.3) is 5.57 Å². The van der Waals surface area contributed by atoms with Crippen molar-refractivity contribution in [3.8, 4) is 0 Å². The molecule has 202 valence electrons. The summed E-state index contributed by atoms with van der Waals surface area (Å²) in [4.78, 5) is 30.1. The van der Waals surface area contributed by atoms with Crippen LogP contribution in [0.1, 0.15) is 54.0 Å². The zero-order chi connectivity index (χ0) is 27.0. The third-order valence-electron chi connectivity index (χ3n) is 8.07. The lowest BCUT2D eigenvalue weighted by atomic mass is 9.84. The van der Waals surface area contributed by atoms with Gasteiger partial charge in [-0.05, 0) is 80.1 Å². The molecule has 38 heavy (non-hydrogen) atoms. The lowest BCUT2D eigenvalue weighted by molar-refractivity contribution is -0.144. The first-order valence-corrected chi connectivity index (χ1v) is 14.8. The molecule has 2 fully saturated rings. The number of benzene rings is 2. The van der Waals surface area contributed by atoms with Gasteiger partial charge in [0.15, 0.2) is 0 Å². The second kappa shape index (κ2) is 10.6. The van der Waals surface area contributed by atoms with Crippen LogP contribution >= 0.6 is 0 Å². The lowest BCUT2D eigenvalue weighted by Gasteiger charge is -2.44. The number of aryl methyl sites for hydroxylation is 2. The van der Waals surface area contributed by atoms with Gasteiger partial charge in [0, 0.05) is 19.6 Å². The third kappa shape index (κ3) is 5.15. The molecule has 0 bridgehead atoms. The van der Waals surface area contributed by atoms with Crippen molar-refractivity contribution >= 4 is 27.4 Å². The molecular formula is C29H36N4O4S. The first-order valence-electron chi connectivity index (χ1n) is 13.4. The van der Waals surface area contributed by atoms with E-state index in [2.05, 4.69) is 29.7 Å². The summed E-state index contributed by atoms with van der Waals surface area (Å²) >= 11 is 0. The molecule has 9 heteroatoms. The summed E-state index contributed by atoms with van der Waals surface area (Å²) in [7, 11) is -3.98. The molecular weight excluding hydrogens is 500 g/mol. The van der Waals surface area contributed by atoms with Crippen LogP contribution in [0.2, 0.25) is 0 Å². The maximum Gasteiger partial charge on any atom is 0.243 e. The lowest BCUT2D eigenvalue weighted by Crippen LogP contribution is -2.60. The Morgan fingerprint density at radius 2 is 1.79 bits per heavy atom. The van der Waals surface area contributed by atoms with E-state index in [1.165, 1.54) is 24.1 Å². The Morgan fingerprint density at radius 3 is 2.45 bits per heavy atom. The maximum atomic E-state index is 13.8. The average molecular weight is 537 g/mol. The standard InChI is InChI=1S/C29H36N4O4S/c1-20-7-10-24(11-8-20)38(36,37)33-16-15-32(29(35)27(33)18-28(30)34)26-6-3-5-23-17-22(9-12-25(23)26)21(2)19-31-13-4-14-31/h7-12,17,26-27H,2-6,13-16,18-19H2,1H3,(H2,30,34)/t26-,27?/m1/s1. The third-order valence-corrected chi connectivity index (χ3v) is 9.99. The van der Waals surface area contributed by atoms with E-state index < -0.39 is 22.0 Å². The fourth-order valence-electron chi connectivity index (χ4n) is 5.84. The number of likely N-dealkylation sites (tertiary alicyclic amines) is 1. The molecule has 3 aliphatic rings. The van der Waals surface area contributed by atoms with Crippen LogP contribution < -0.4 is 5.73 Å². The second-order valence-corrected chi connectivity index (χ2v) is 12.6. The molecule has 5 rings (SSSR count). The minimum Gasteiger partial charge on any atom is -0.370 e. The summed E-state index contributed by atoms with van der Waals surface area (Å²) < 4.78 is 28.2. The van der Waals surface area contributed by atoms with Crippen molar-refractivity contribution in [3.05, 3.63) is 71.3 Å². The Morgan fingerprint density at radius 1 is 1.05 bits per heavy atom. The Hall–Kier alpha value is -3.01. The molecule has 2 N–H and O–H groups in total. The van der Waals surface area contributed by atoms with E-state index in [9.17, 15) is 18.0 Å². The molecule has 2 aromatic carbocycles. The Labute approximate surface area is 225 Å². The van der Waals surface area contributed by atoms with Crippen molar-refractivity contribution in [2.75, 3.05) is 32.7 Å². The zero-order valence-electron chi connectivity index (χ0n) is 21.9. The highest BCUT2D eigenvalue weighted by atomic mass is 32.2. The Balaban J connectivity index is 1.40. The predicted molar refractivity (Wildman–Crippen MR) is 147 cm³/mol. The van der Waals surface area contributed by atoms with E-state index in [1.54, 1.807) is 17.0 Å². The molecule has 2 amide bonds. The molecule has 2 aromatic rings. The molecule has 0 saturated carbocycles. The number of rotatable bonds is 8. The zero-order valence-corrected chi connectivity index (χ0v) is 22.8. The van der Waals surface area contributed by atoms with Crippen LogP contribution in [0.15, 0.2) is 53.9 Å². The fraction of sp³-hybridized carbons (Fsp3) is 0.448. The van der Waals surface area contributed by atoms with E-state index in [0.717, 1.165) is 65.5 Å².